The Labute approximate surface area is 123 Å². The molecule has 0 aromatic heterocycles. The van der Waals surface area contributed by atoms with Crippen LogP contribution in [0, 0.1) is 6.92 Å². The van der Waals surface area contributed by atoms with Crippen LogP contribution in [0.1, 0.15) is 32.3 Å². The minimum absolute atomic E-state index is 0.00345. The topological polar surface area (TPSA) is 78.4 Å². The molecular formula is C14H19ClN2O3. The Morgan fingerprint density at radius 1 is 1.35 bits per heavy atom. The van der Waals surface area contributed by atoms with Crippen molar-refractivity contribution in [2.24, 2.45) is 0 Å². The van der Waals surface area contributed by atoms with Crippen molar-refractivity contribution in [2.75, 3.05) is 5.32 Å². The molecule has 0 fully saturated rings. The van der Waals surface area contributed by atoms with Crippen LogP contribution >= 0.6 is 11.6 Å². The molecule has 0 aliphatic carbocycles. The number of nitrogens with one attached hydrogen (secondary N) is 2. The number of hydrogen-bond donors (Lipinski definition) is 3. The summed E-state index contributed by atoms with van der Waals surface area (Å²) in [6.45, 7) is 5.37. The summed E-state index contributed by atoms with van der Waals surface area (Å²) in [5.41, 5.74) is 0.811. The van der Waals surface area contributed by atoms with Gasteiger partial charge >= 0.3 is 12.0 Å². The Hall–Kier alpha value is -1.75. The highest BCUT2D eigenvalue weighted by molar-refractivity contribution is 6.31. The summed E-state index contributed by atoms with van der Waals surface area (Å²) in [7, 11) is 0. The van der Waals surface area contributed by atoms with Gasteiger partial charge in [-0.25, -0.2) is 4.79 Å². The number of urea groups is 1. The van der Waals surface area contributed by atoms with E-state index >= 15 is 0 Å². The molecule has 5 nitrogen and oxygen atoms in total. The zero-order valence-electron chi connectivity index (χ0n) is 11.8. The summed E-state index contributed by atoms with van der Waals surface area (Å²) < 4.78 is 0. The number of amides is 2. The van der Waals surface area contributed by atoms with Crippen LogP contribution in [0.4, 0.5) is 10.5 Å². The maximum absolute atomic E-state index is 11.9. The second kappa shape index (κ2) is 6.61. The van der Waals surface area contributed by atoms with E-state index in [2.05, 4.69) is 10.6 Å². The van der Waals surface area contributed by atoms with Gasteiger partial charge in [-0.05, 0) is 44.9 Å². The lowest BCUT2D eigenvalue weighted by molar-refractivity contribution is -0.137. The van der Waals surface area contributed by atoms with E-state index in [0.717, 1.165) is 5.56 Å². The molecule has 0 spiro atoms. The van der Waals surface area contributed by atoms with Gasteiger partial charge in [0.1, 0.15) is 0 Å². The Morgan fingerprint density at radius 3 is 2.60 bits per heavy atom. The third kappa shape index (κ3) is 5.09. The molecule has 2 amide bonds. The number of halogens is 1. The predicted molar refractivity (Wildman–Crippen MR) is 79.3 cm³/mol. The van der Waals surface area contributed by atoms with Gasteiger partial charge in [0, 0.05) is 22.7 Å². The molecule has 1 rings (SSSR count). The molecule has 0 heterocycles. The average Bonchev–Trinajstić information content (AvgIpc) is 2.32. The van der Waals surface area contributed by atoms with E-state index in [4.69, 9.17) is 16.7 Å². The van der Waals surface area contributed by atoms with E-state index in [1.807, 2.05) is 6.92 Å². The zero-order chi connectivity index (χ0) is 15.3. The summed E-state index contributed by atoms with van der Waals surface area (Å²) in [5, 5.41) is 14.7. The second-order valence-electron chi connectivity index (χ2n) is 5.27. The summed E-state index contributed by atoms with van der Waals surface area (Å²) in [6, 6.07) is 4.87. The predicted octanol–water partition coefficient (Wildman–Crippen LogP) is 3.41. The smallest absolute Gasteiger partial charge is 0.319 e. The molecule has 0 saturated carbocycles. The molecule has 0 bridgehead atoms. The van der Waals surface area contributed by atoms with Crippen molar-refractivity contribution < 1.29 is 14.7 Å². The number of aliphatic carboxylic acids is 1. The van der Waals surface area contributed by atoms with Crippen molar-refractivity contribution in [3.63, 3.8) is 0 Å². The molecule has 0 aliphatic rings. The summed E-state index contributed by atoms with van der Waals surface area (Å²) in [5.74, 6) is -0.883. The SMILES string of the molecule is Cc1c(Cl)cccc1NC(=O)NC(C)(C)CCC(=O)O. The average molecular weight is 299 g/mol. The third-order valence-corrected chi connectivity index (χ3v) is 3.34. The van der Waals surface area contributed by atoms with Crippen molar-refractivity contribution in [1.29, 1.82) is 0 Å². The van der Waals surface area contributed by atoms with E-state index in [1.165, 1.54) is 0 Å². The fraction of sp³-hybridized carbons (Fsp3) is 0.429. The number of benzene rings is 1. The van der Waals surface area contributed by atoms with Crippen LogP contribution in [-0.2, 0) is 4.79 Å². The van der Waals surface area contributed by atoms with Crippen LogP contribution < -0.4 is 10.6 Å². The van der Waals surface area contributed by atoms with Gasteiger partial charge in [-0.3, -0.25) is 4.79 Å². The Balaban J connectivity index is 2.63. The number of carboxylic acid groups (broad SMARTS) is 1. The van der Waals surface area contributed by atoms with E-state index in [-0.39, 0.29) is 12.5 Å². The summed E-state index contributed by atoms with van der Waals surface area (Å²) in [4.78, 5) is 22.5. The lowest BCUT2D eigenvalue weighted by Gasteiger charge is -2.26. The van der Waals surface area contributed by atoms with Gasteiger partial charge in [-0.1, -0.05) is 17.7 Å². The van der Waals surface area contributed by atoms with Crippen molar-refractivity contribution in [3.05, 3.63) is 28.8 Å². The van der Waals surface area contributed by atoms with Gasteiger partial charge in [-0.2, -0.15) is 0 Å². The molecule has 1 aromatic rings. The second-order valence-corrected chi connectivity index (χ2v) is 5.68. The molecule has 6 heteroatoms. The lowest BCUT2D eigenvalue weighted by atomic mass is 9.99. The van der Waals surface area contributed by atoms with Crippen molar-refractivity contribution in [3.8, 4) is 0 Å². The number of carbonyl (C=O) groups is 2. The molecule has 20 heavy (non-hydrogen) atoms. The summed E-state index contributed by atoms with van der Waals surface area (Å²) >= 11 is 5.98. The van der Waals surface area contributed by atoms with E-state index < -0.39 is 11.5 Å². The highest BCUT2D eigenvalue weighted by atomic mass is 35.5. The van der Waals surface area contributed by atoms with Gasteiger partial charge in [-0.15, -0.1) is 0 Å². The molecule has 0 radical (unpaired) electrons. The van der Waals surface area contributed by atoms with Gasteiger partial charge in [0.2, 0.25) is 0 Å². The largest absolute Gasteiger partial charge is 0.481 e. The number of hydrogen-bond acceptors (Lipinski definition) is 2. The van der Waals surface area contributed by atoms with Crippen LogP contribution in [-0.4, -0.2) is 22.6 Å². The van der Waals surface area contributed by atoms with Crippen molar-refractivity contribution >= 4 is 29.3 Å². The monoisotopic (exact) mass is 298 g/mol. The highest BCUT2D eigenvalue weighted by Gasteiger charge is 2.21. The number of anilines is 1. The first-order chi connectivity index (χ1) is 9.21. The van der Waals surface area contributed by atoms with Crippen LogP contribution in [0.2, 0.25) is 5.02 Å². The maximum Gasteiger partial charge on any atom is 0.319 e. The number of carboxylic acids is 1. The number of rotatable bonds is 5. The van der Waals surface area contributed by atoms with Gasteiger partial charge in [0.05, 0.1) is 0 Å². The maximum atomic E-state index is 11.9. The molecular weight excluding hydrogens is 280 g/mol. The Morgan fingerprint density at radius 2 is 2.00 bits per heavy atom. The minimum atomic E-state index is -0.883. The van der Waals surface area contributed by atoms with Gasteiger partial charge < -0.3 is 15.7 Å². The Bertz CT molecular complexity index is 515. The standard InChI is InChI=1S/C14H19ClN2O3/c1-9-10(15)5-4-6-11(9)16-13(20)17-14(2,3)8-7-12(18)19/h4-6H,7-8H2,1-3H3,(H,18,19)(H2,16,17,20). The molecule has 0 atom stereocenters. The van der Waals surface area contributed by atoms with Crippen LogP contribution in [0.3, 0.4) is 0 Å². The first-order valence-corrected chi connectivity index (χ1v) is 6.65. The fourth-order valence-corrected chi connectivity index (χ4v) is 1.86. The molecule has 1 aromatic carbocycles. The number of carbonyl (C=O) groups excluding carboxylic acids is 1. The molecule has 0 saturated heterocycles. The van der Waals surface area contributed by atoms with E-state index in [0.29, 0.717) is 17.1 Å². The van der Waals surface area contributed by atoms with Gasteiger partial charge in [0.25, 0.3) is 0 Å². The van der Waals surface area contributed by atoms with Crippen molar-refractivity contribution in [1.82, 2.24) is 5.32 Å². The minimum Gasteiger partial charge on any atom is -0.481 e. The molecule has 3 N–H and O–H groups in total. The molecule has 0 unspecified atom stereocenters. The van der Waals surface area contributed by atoms with Crippen LogP contribution in [0.25, 0.3) is 0 Å². The first kappa shape index (κ1) is 16.3. The van der Waals surface area contributed by atoms with Crippen LogP contribution in [0.15, 0.2) is 18.2 Å². The molecule has 0 aliphatic heterocycles. The Kier molecular flexibility index (Phi) is 5.39. The fourth-order valence-electron chi connectivity index (χ4n) is 1.69. The van der Waals surface area contributed by atoms with E-state index in [9.17, 15) is 9.59 Å². The lowest BCUT2D eigenvalue weighted by Crippen LogP contribution is -2.45. The molecule has 110 valence electrons. The highest BCUT2D eigenvalue weighted by Crippen LogP contribution is 2.23. The van der Waals surface area contributed by atoms with Crippen LogP contribution in [0.5, 0.6) is 0 Å². The first-order valence-electron chi connectivity index (χ1n) is 6.27. The zero-order valence-corrected chi connectivity index (χ0v) is 12.5. The summed E-state index contributed by atoms with van der Waals surface area (Å²) in [6.07, 6.45) is 0.355. The quantitative estimate of drug-likeness (QED) is 0.779. The van der Waals surface area contributed by atoms with E-state index in [1.54, 1.807) is 32.0 Å². The van der Waals surface area contributed by atoms with Gasteiger partial charge in [0.15, 0.2) is 0 Å². The normalized spacial score (nSPS) is 11.0. The van der Waals surface area contributed by atoms with Crippen molar-refractivity contribution in [2.45, 2.75) is 39.2 Å². The third-order valence-electron chi connectivity index (χ3n) is 2.93.